The summed E-state index contributed by atoms with van der Waals surface area (Å²) in [6.07, 6.45) is -0.436. The summed E-state index contributed by atoms with van der Waals surface area (Å²) in [7, 11) is 0. The Balaban J connectivity index is 1.74. The zero-order valence-corrected chi connectivity index (χ0v) is 16.3. The molecular weight excluding hydrogens is 432 g/mol. The highest BCUT2D eigenvalue weighted by molar-refractivity contribution is 5.90. The lowest BCUT2D eigenvalue weighted by Crippen LogP contribution is -2.51. The SMILES string of the molecule is O=C(Nc1ccncc1)N[C@]1(c2ccc(OC(F)(F)F)c(F)c2)CCOc2cccnc21. The third-order valence-electron chi connectivity index (χ3n) is 4.83. The first-order valence-corrected chi connectivity index (χ1v) is 9.40. The standard InChI is InChI=1S/C21H16F4N4O3/c22-15-12-13(3-4-16(15)32-21(23,24)25)20(7-11-31-17-2-1-8-27-18(17)20)29-19(30)28-14-5-9-26-10-6-14/h1-6,8-10,12H,7,11H2,(H2,26,28,29,30)/t20-/m0/s1. The second-order valence-electron chi connectivity index (χ2n) is 6.86. The van der Waals surface area contributed by atoms with Crippen LogP contribution in [0.5, 0.6) is 11.5 Å². The van der Waals surface area contributed by atoms with Crippen molar-refractivity contribution in [2.45, 2.75) is 18.3 Å². The van der Waals surface area contributed by atoms with E-state index in [1.807, 2.05) is 0 Å². The van der Waals surface area contributed by atoms with Crippen molar-refractivity contribution in [2.24, 2.45) is 0 Å². The number of nitrogens with one attached hydrogen (secondary N) is 2. The third kappa shape index (κ3) is 4.41. The molecule has 0 radical (unpaired) electrons. The number of alkyl halides is 3. The van der Waals surface area contributed by atoms with Gasteiger partial charge in [-0.1, -0.05) is 6.07 Å². The summed E-state index contributed by atoms with van der Waals surface area (Å²) in [6.45, 7) is 0.149. The van der Waals surface area contributed by atoms with E-state index in [1.54, 1.807) is 24.3 Å². The molecule has 0 bridgehead atoms. The molecule has 4 rings (SSSR count). The quantitative estimate of drug-likeness (QED) is 0.580. The molecule has 1 aliphatic heterocycles. The van der Waals surface area contributed by atoms with Gasteiger partial charge in [0.15, 0.2) is 11.6 Å². The molecule has 3 heterocycles. The van der Waals surface area contributed by atoms with Gasteiger partial charge in [-0.15, -0.1) is 13.2 Å². The van der Waals surface area contributed by atoms with Crippen molar-refractivity contribution in [3.63, 3.8) is 0 Å². The van der Waals surface area contributed by atoms with Crippen LogP contribution in [0.25, 0.3) is 0 Å². The minimum atomic E-state index is -5.05. The number of aromatic nitrogens is 2. The fourth-order valence-electron chi connectivity index (χ4n) is 3.50. The summed E-state index contributed by atoms with van der Waals surface area (Å²) in [5.74, 6) is -1.86. The first-order valence-electron chi connectivity index (χ1n) is 9.40. The number of fused-ring (bicyclic) bond motifs is 1. The van der Waals surface area contributed by atoms with Crippen LogP contribution < -0.4 is 20.1 Å². The zero-order chi connectivity index (χ0) is 22.8. The smallest absolute Gasteiger partial charge is 0.491 e. The van der Waals surface area contributed by atoms with E-state index in [9.17, 15) is 22.4 Å². The number of hydrogen-bond acceptors (Lipinski definition) is 5. The van der Waals surface area contributed by atoms with E-state index in [1.165, 1.54) is 24.7 Å². The van der Waals surface area contributed by atoms with Crippen molar-refractivity contribution in [2.75, 3.05) is 11.9 Å². The molecule has 0 fully saturated rings. The van der Waals surface area contributed by atoms with Crippen LogP contribution in [-0.4, -0.2) is 29.0 Å². The van der Waals surface area contributed by atoms with Crippen molar-refractivity contribution in [3.05, 3.63) is 78.1 Å². The number of pyridine rings is 2. The fourth-order valence-corrected chi connectivity index (χ4v) is 3.50. The highest BCUT2D eigenvalue weighted by Crippen LogP contribution is 2.41. The topological polar surface area (TPSA) is 85.4 Å². The van der Waals surface area contributed by atoms with E-state index in [-0.39, 0.29) is 18.6 Å². The number of halogens is 4. The minimum Gasteiger partial charge on any atom is -0.491 e. The average Bonchev–Trinajstić information content (AvgIpc) is 2.75. The number of nitrogens with zero attached hydrogens (tertiary/aromatic N) is 2. The molecule has 0 saturated heterocycles. The van der Waals surface area contributed by atoms with Crippen LogP contribution in [0.3, 0.4) is 0 Å². The Hall–Kier alpha value is -3.89. The molecule has 11 heteroatoms. The van der Waals surface area contributed by atoms with Crippen LogP contribution in [0.2, 0.25) is 0 Å². The van der Waals surface area contributed by atoms with Gasteiger partial charge < -0.3 is 20.1 Å². The van der Waals surface area contributed by atoms with E-state index < -0.39 is 29.5 Å². The molecule has 0 unspecified atom stereocenters. The number of rotatable bonds is 4. The van der Waals surface area contributed by atoms with Crippen LogP contribution in [0.15, 0.2) is 61.1 Å². The van der Waals surface area contributed by atoms with Crippen molar-refractivity contribution >= 4 is 11.7 Å². The van der Waals surface area contributed by atoms with Gasteiger partial charge in [0.2, 0.25) is 0 Å². The Labute approximate surface area is 179 Å². The van der Waals surface area contributed by atoms with Gasteiger partial charge in [-0.25, -0.2) is 9.18 Å². The molecule has 1 aromatic carbocycles. The Morgan fingerprint density at radius 2 is 1.91 bits per heavy atom. The third-order valence-corrected chi connectivity index (χ3v) is 4.83. The minimum absolute atomic E-state index is 0.149. The van der Waals surface area contributed by atoms with Gasteiger partial charge in [0, 0.05) is 30.7 Å². The van der Waals surface area contributed by atoms with E-state index in [2.05, 4.69) is 25.3 Å². The Kier molecular flexibility index (Phi) is 5.56. The lowest BCUT2D eigenvalue weighted by Gasteiger charge is -2.39. The molecule has 0 saturated carbocycles. The van der Waals surface area contributed by atoms with Gasteiger partial charge in [-0.2, -0.15) is 0 Å². The van der Waals surface area contributed by atoms with Crippen LogP contribution >= 0.6 is 0 Å². The van der Waals surface area contributed by atoms with Gasteiger partial charge in [0.25, 0.3) is 0 Å². The van der Waals surface area contributed by atoms with E-state index >= 15 is 0 Å². The van der Waals surface area contributed by atoms with Crippen LogP contribution in [0.1, 0.15) is 17.7 Å². The molecule has 3 aromatic rings. The Morgan fingerprint density at radius 3 is 2.62 bits per heavy atom. The molecule has 2 amide bonds. The van der Waals surface area contributed by atoms with Crippen molar-refractivity contribution < 1.29 is 31.8 Å². The number of ether oxygens (including phenoxy) is 2. The fraction of sp³-hybridized carbons (Fsp3) is 0.190. The summed E-state index contributed by atoms with van der Waals surface area (Å²) in [5.41, 5.74) is -0.442. The number of benzene rings is 1. The van der Waals surface area contributed by atoms with Crippen molar-refractivity contribution in [3.8, 4) is 11.5 Å². The number of amides is 2. The summed E-state index contributed by atoms with van der Waals surface area (Å²) in [6, 6.07) is 8.78. The largest absolute Gasteiger partial charge is 0.573 e. The van der Waals surface area contributed by atoms with Crippen LogP contribution in [0.4, 0.5) is 28.0 Å². The second-order valence-corrected chi connectivity index (χ2v) is 6.86. The monoisotopic (exact) mass is 448 g/mol. The van der Waals surface area contributed by atoms with Crippen molar-refractivity contribution in [1.82, 2.24) is 15.3 Å². The van der Waals surface area contributed by atoms with Gasteiger partial charge in [-0.05, 0) is 42.0 Å². The van der Waals surface area contributed by atoms with Crippen LogP contribution in [-0.2, 0) is 5.54 Å². The van der Waals surface area contributed by atoms with E-state index in [0.29, 0.717) is 17.1 Å². The summed E-state index contributed by atoms with van der Waals surface area (Å²) >= 11 is 0. The molecule has 7 nitrogen and oxygen atoms in total. The molecule has 32 heavy (non-hydrogen) atoms. The normalized spacial score (nSPS) is 17.6. The second kappa shape index (κ2) is 8.33. The first kappa shape index (κ1) is 21.3. The number of anilines is 1. The lowest BCUT2D eigenvalue weighted by atomic mass is 9.81. The van der Waals surface area contributed by atoms with E-state index in [0.717, 1.165) is 12.1 Å². The first-order chi connectivity index (χ1) is 15.3. The molecule has 2 N–H and O–H groups in total. The number of carbonyl (C=O) groups excluding carboxylic acids is 1. The predicted molar refractivity (Wildman–Crippen MR) is 105 cm³/mol. The molecule has 166 valence electrons. The molecule has 0 aliphatic carbocycles. The lowest BCUT2D eigenvalue weighted by molar-refractivity contribution is -0.275. The zero-order valence-electron chi connectivity index (χ0n) is 16.3. The number of hydrogen-bond donors (Lipinski definition) is 2. The maximum atomic E-state index is 14.6. The number of carbonyl (C=O) groups is 1. The van der Waals surface area contributed by atoms with Crippen molar-refractivity contribution in [1.29, 1.82) is 0 Å². The summed E-state index contributed by atoms with van der Waals surface area (Å²) < 4.78 is 61.5. The maximum absolute atomic E-state index is 14.6. The highest BCUT2D eigenvalue weighted by Gasteiger charge is 2.43. The predicted octanol–water partition coefficient (Wildman–Crippen LogP) is 4.36. The molecular formula is C21H16F4N4O3. The average molecular weight is 448 g/mol. The Bertz CT molecular complexity index is 1130. The molecule has 2 aromatic heterocycles. The maximum Gasteiger partial charge on any atom is 0.573 e. The summed E-state index contributed by atoms with van der Waals surface area (Å²) in [4.78, 5) is 21.0. The van der Waals surface area contributed by atoms with Gasteiger partial charge in [0.1, 0.15) is 17.0 Å². The van der Waals surface area contributed by atoms with Crippen LogP contribution in [0, 0.1) is 5.82 Å². The molecule has 1 aliphatic rings. The van der Waals surface area contributed by atoms with Gasteiger partial charge in [-0.3, -0.25) is 9.97 Å². The number of urea groups is 1. The summed E-state index contributed by atoms with van der Waals surface area (Å²) in [5, 5.41) is 5.45. The molecule has 1 atom stereocenters. The van der Waals surface area contributed by atoms with Gasteiger partial charge >= 0.3 is 12.4 Å². The van der Waals surface area contributed by atoms with E-state index in [4.69, 9.17) is 4.74 Å². The molecule has 0 spiro atoms. The Morgan fingerprint density at radius 1 is 1.12 bits per heavy atom. The van der Waals surface area contributed by atoms with Gasteiger partial charge in [0.05, 0.1) is 6.61 Å². The highest BCUT2D eigenvalue weighted by atomic mass is 19.4.